The van der Waals surface area contributed by atoms with Crippen molar-refractivity contribution in [3.8, 4) is 0 Å². The van der Waals surface area contributed by atoms with E-state index in [2.05, 4.69) is 19.9 Å². The Balaban J connectivity index is 1.45. The van der Waals surface area contributed by atoms with Crippen molar-refractivity contribution in [1.29, 1.82) is 0 Å². The minimum Gasteiger partial charge on any atom is -0.442 e. The van der Waals surface area contributed by atoms with E-state index >= 15 is 0 Å². The number of nitrogens with zero attached hydrogens (tertiary/aromatic N) is 4. The van der Waals surface area contributed by atoms with Gasteiger partial charge in [0.15, 0.2) is 6.10 Å². The third kappa shape index (κ3) is 3.72. The van der Waals surface area contributed by atoms with Gasteiger partial charge < -0.3 is 14.1 Å². The van der Waals surface area contributed by atoms with Crippen molar-refractivity contribution in [2.45, 2.75) is 19.4 Å². The minimum absolute atomic E-state index is 0.248. The van der Waals surface area contributed by atoms with Gasteiger partial charge in [0.2, 0.25) is 5.89 Å². The smallest absolute Gasteiger partial charge is 0.225 e. The molecule has 0 saturated carbocycles. The SMILES string of the molecule is Cc1nccc(N2CCOC(c3ncc(Cc4ccc(F)cc4)o3)C2)n1. The zero-order chi connectivity index (χ0) is 17.9. The zero-order valence-corrected chi connectivity index (χ0v) is 14.4. The summed E-state index contributed by atoms with van der Waals surface area (Å²) in [5, 5.41) is 0. The highest BCUT2D eigenvalue weighted by Crippen LogP contribution is 2.25. The Labute approximate surface area is 150 Å². The fourth-order valence-electron chi connectivity index (χ4n) is 2.98. The highest BCUT2D eigenvalue weighted by molar-refractivity contribution is 5.38. The molecule has 1 atom stereocenters. The summed E-state index contributed by atoms with van der Waals surface area (Å²) in [5.74, 6) is 2.65. The molecule has 4 rings (SSSR count). The number of ether oxygens (including phenoxy) is 1. The summed E-state index contributed by atoms with van der Waals surface area (Å²) in [7, 11) is 0. The number of anilines is 1. The summed E-state index contributed by atoms with van der Waals surface area (Å²) >= 11 is 0. The van der Waals surface area contributed by atoms with E-state index in [0.29, 0.717) is 25.5 Å². The highest BCUT2D eigenvalue weighted by Gasteiger charge is 2.26. The number of aromatic nitrogens is 3. The lowest BCUT2D eigenvalue weighted by Gasteiger charge is -2.32. The molecule has 26 heavy (non-hydrogen) atoms. The lowest BCUT2D eigenvalue weighted by molar-refractivity contribution is 0.0214. The maximum atomic E-state index is 13.0. The third-order valence-electron chi connectivity index (χ3n) is 4.29. The molecule has 3 aromatic rings. The van der Waals surface area contributed by atoms with Gasteiger partial charge in [-0.1, -0.05) is 12.1 Å². The molecule has 0 aliphatic carbocycles. The van der Waals surface area contributed by atoms with Crippen LogP contribution in [0.15, 0.2) is 47.1 Å². The Kier molecular flexibility index (Phi) is 4.62. The zero-order valence-electron chi connectivity index (χ0n) is 14.4. The molecule has 0 spiro atoms. The van der Waals surface area contributed by atoms with Crippen molar-refractivity contribution in [3.05, 3.63) is 71.6 Å². The molecule has 2 aromatic heterocycles. The summed E-state index contributed by atoms with van der Waals surface area (Å²) in [6.07, 6.45) is 3.78. The van der Waals surface area contributed by atoms with Gasteiger partial charge in [0.1, 0.15) is 23.2 Å². The van der Waals surface area contributed by atoms with Crippen molar-refractivity contribution in [1.82, 2.24) is 15.0 Å². The van der Waals surface area contributed by atoms with Gasteiger partial charge in [-0.15, -0.1) is 0 Å². The third-order valence-corrected chi connectivity index (χ3v) is 4.29. The van der Waals surface area contributed by atoms with E-state index in [1.807, 2.05) is 13.0 Å². The van der Waals surface area contributed by atoms with Gasteiger partial charge >= 0.3 is 0 Å². The maximum absolute atomic E-state index is 13.0. The number of oxazole rings is 1. The van der Waals surface area contributed by atoms with E-state index < -0.39 is 0 Å². The first-order valence-electron chi connectivity index (χ1n) is 8.52. The van der Waals surface area contributed by atoms with Crippen LogP contribution in [0.5, 0.6) is 0 Å². The fraction of sp³-hybridized carbons (Fsp3) is 0.316. The highest BCUT2D eigenvalue weighted by atomic mass is 19.1. The van der Waals surface area contributed by atoms with E-state index in [9.17, 15) is 4.39 Å². The van der Waals surface area contributed by atoms with E-state index in [1.54, 1.807) is 24.5 Å². The second kappa shape index (κ2) is 7.21. The Hall–Kier alpha value is -2.80. The van der Waals surface area contributed by atoms with E-state index in [4.69, 9.17) is 9.15 Å². The van der Waals surface area contributed by atoms with Crippen LogP contribution in [0.2, 0.25) is 0 Å². The van der Waals surface area contributed by atoms with Crippen molar-refractivity contribution < 1.29 is 13.5 Å². The molecule has 3 heterocycles. The maximum Gasteiger partial charge on any atom is 0.225 e. The Morgan fingerprint density at radius 3 is 2.85 bits per heavy atom. The van der Waals surface area contributed by atoms with Crippen LogP contribution in [0.3, 0.4) is 0 Å². The first kappa shape index (κ1) is 16.7. The number of halogens is 1. The molecule has 0 bridgehead atoms. The summed E-state index contributed by atoms with van der Waals surface area (Å²) in [4.78, 5) is 15.1. The molecule has 6 nitrogen and oxygen atoms in total. The van der Waals surface area contributed by atoms with Gasteiger partial charge in [-0.3, -0.25) is 0 Å². The van der Waals surface area contributed by atoms with Crippen molar-refractivity contribution in [2.24, 2.45) is 0 Å². The molecule has 1 aromatic carbocycles. The van der Waals surface area contributed by atoms with Gasteiger partial charge in [-0.2, -0.15) is 0 Å². The van der Waals surface area contributed by atoms with Crippen LogP contribution in [-0.2, 0) is 11.2 Å². The van der Waals surface area contributed by atoms with Crippen molar-refractivity contribution in [2.75, 3.05) is 24.6 Å². The topological polar surface area (TPSA) is 64.3 Å². The molecule has 0 radical (unpaired) electrons. The molecule has 1 unspecified atom stereocenters. The second-order valence-electron chi connectivity index (χ2n) is 6.24. The average Bonchev–Trinajstić information content (AvgIpc) is 3.12. The van der Waals surface area contributed by atoms with E-state index in [1.165, 1.54) is 12.1 Å². The molecule has 1 aliphatic rings. The van der Waals surface area contributed by atoms with Crippen LogP contribution in [0, 0.1) is 12.7 Å². The van der Waals surface area contributed by atoms with Crippen LogP contribution in [0.1, 0.15) is 29.1 Å². The molecule has 134 valence electrons. The Morgan fingerprint density at radius 1 is 1.19 bits per heavy atom. The van der Waals surface area contributed by atoms with E-state index in [0.717, 1.165) is 29.5 Å². The molecule has 7 heteroatoms. The molecule has 0 amide bonds. The molecule has 1 fully saturated rings. The Bertz CT molecular complexity index is 881. The van der Waals surface area contributed by atoms with E-state index in [-0.39, 0.29) is 11.9 Å². The van der Waals surface area contributed by atoms with Crippen molar-refractivity contribution >= 4 is 5.82 Å². The number of morpholine rings is 1. The first-order valence-corrected chi connectivity index (χ1v) is 8.52. The molecule has 1 saturated heterocycles. The summed E-state index contributed by atoms with van der Waals surface area (Å²) in [6.45, 7) is 3.82. The van der Waals surface area contributed by atoms with Gasteiger partial charge in [0.05, 0.1) is 19.3 Å². The largest absolute Gasteiger partial charge is 0.442 e. The average molecular weight is 354 g/mol. The summed E-state index contributed by atoms with van der Waals surface area (Å²) in [6, 6.07) is 8.27. The molecular weight excluding hydrogens is 335 g/mol. The number of hydrogen-bond acceptors (Lipinski definition) is 6. The monoisotopic (exact) mass is 354 g/mol. The predicted molar refractivity (Wildman–Crippen MR) is 93.4 cm³/mol. The summed E-state index contributed by atoms with van der Waals surface area (Å²) < 4.78 is 24.7. The number of hydrogen-bond donors (Lipinski definition) is 0. The van der Waals surface area contributed by atoms with Crippen LogP contribution >= 0.6 is 0 Å². The van der Waals surface area contributed by atoms with Gasteiger partial charge in [-0.25, -0.2) is 19.3 Å². The van der Waals surface area contributed by atoms with Crippen LogP contribution in [0.25, 0.3) is 0 Å². The lowest BCUT2D eigenvalue weighted by atomic mass is 10.1. The molecule has 0 N–H and O–H groups in total. The van der Waals surface area contributed by atoms with Gasteiger partial charge in [0, 0.05) is 19.2 Å². The normalized spacial score (nSPS) is 17.5. The number of benzene rings is 1. The van der Waals surface area contributed by atoms with Gasteiger partial charge in [0.25, 0.3) is 0 Å². The fourth-order valence-corrected chi connectivity index (χ4v) is 2.98. The first-order chi connectivity index (χ1) is 12.7. The standard InChI is InChI=1S/C19H19FN4O2/c1-13-21-7-6-18(23-13)24-8-9-25-17(12-24)19-22-11-16(26-19)10-14-2-4-15(20)5-3-14/h2-7,11,17H,8-10,12H2,1H3. The molecular formula is C19H19FN4O2. The second-order valence-corrected chi connectivity index (χ2v) is 6.24. The van der Waals surface area contributed by atoms with Crippen LogP contribution in [0.4, 0.5) is 10.2 Å². The van der Waals surface area contributed by atoms with Crippen LogP contribution in [-0.4, -0.2) is 34.6 Å². The number of aryl methyl sites for hydroxylation is 1. The minimum atomic E-state index is -0.249. The number of rotatable bonds is 4. The van der Waals surface area contributed by atoms with Crippen LogP contribution < -0.4 is 4.90 Å². The lowest BCUT2D eigenvalue weighted by Crippen LogP contribution is -2.39. The predicted octanol–water partition coefficient (Wildman–Crippen LogP) is 3.08. The quantitative estimate of drug-likeness (QED) is 0.717. The Morgan fingerprint density at radius 2 is 2.04 bits per heavy atom. The van der Waals surface area contributed by atoms with Crippen molar-refractivity contribution in [3.63, 3.8) is 0 Å². The van der Waals surface area contributed by atoms with Gasteiger partial charge in [-0.05, 0) is 30.7 Å². The molecule has 1 aliphatic heterocycles. The summed E-state index contributed by atoms with van der Waals surface area (Å²) in [5.41, 5.74) is 0.969.